The fourth-order valence-electron chi connectivity index (χ4n) is 1.58. The first-order chi connectivity index (χ1) is 10.8. The van der Waals surface area contributed by atoms with Crippen molar-refractivity contribution in [3.63, 3.8) is 0 Å². The molecular formula is C15H23ClN4O4. The number of carbonyl (C=O) groups excluding carboxylic acids is 3. The summed E-state index contributed by atoms with van der Waals surface area (Å²) >= 11 is 0. The van der Waals surface area contributed by atoms with Crippen LogP contribution in [0.2, 0.25) is 0 Å². The van der Waals surface area contributed by atoms with E-state index in [9.17, 15) is 14.4 Å². The topological polar surface area (TPSA) is 137 Å². The molecule has 0 spiro atoms. The number of benzene rings is 1. The van der Waals surface area contributed by atoms with Gasteiger partial charge in [-0.05, 0) is 30.2 Å². The molecule has 9 heteroatoms. The summed E-state index contributed by atoms with van der Waals surface area (Å²) in [5, 5.41) is 5.09. The molecule has 24 heavy (non-hydrogen) atoms. The molecule has 0 heterocycles. The van der Waals surface area contributed by atoms with Gasteiger partial charge in [0.1, 0.15) is 5.75 Å². The number of halogens is 1. The van der Waals surface area contributed by atoms with Gasteiger partial charge in [0.2, 0.25) is 11.8 Å². The zero-order valence-corrected chi connectivity index (χ0v) is 14.4. The van der Waals surface area contributed by atoms with Crippen LogP contribution >= 0.6 is 12.4 Å². The van der Waals surface area contributed by atoms with Gasteiger partial charge in [-0.1, -0.05) is 13.8 Å². The Labute approximate surface area is 146 Å². The second kappa shape index (κ2) is 10.5. The van der Waals surface area contributed by atoms with E-state index in [1.165, 1.54) is 0 Å². The lowest BCUT2D eigenvalue weighted by Gasteiger charge is -2.15. The minimum absolute atomic E-state index is 0. The highest BCUT2D eigenvalue weighted by molar-refractivity contribution is 5.95. The first-order valence-electron chi connectivity index (χ1n) is 7.14. The molecule has 1 rings (SSSR count). The van der Waals surface area contributed by atoms with E-state index in [-0.39, 0.29) is 43.3 Å². The van der Waals surface area contributed by atoms with Gasteiger partial charge in [-0.15, -0.1) is 12.4 Å². The van der Waals surface area contributed by atoms with E-state index in [1.807, 2.05) is 13.8 Å². The van der Waals surface area contributed by atoms with Crippen molar-refractivity contribution in [2.45, 2.75) is 19.9 Å². The molecule has 134 valence electrons. The van der Waals surface area contributed by atoms with Gasteiger partial charge in [0.15, 0.2) is 6.61 Å². The fraction of sp³-hybridized carbons (Fsp3) is 0.400. The van der Waals surface area contributed by atoms with Crippen molar-refractivity contribution in [1.29, 1.82) is 0 Å². The molecule has 0 aliphatic rings. The largest absolute Gasteiger partial charge is 0.484 e. The summed E-state index contributed by atoms with van der Waals surface area (Å²) in [6.07, 6.45) is 0. The van der Waals surface area contributed by atoms with Crippen molar-refractivity contribution >= 4 is 35.8 Å². The number of nitrogens with one attached hydrogen (secondary N) is 2. The van der Waals surface area contributed by atoms with Crippen molar-refractivity contribution in [3.05, 3.63) is 24.3 Å². The van der Waals surface area contributed by atoms with Crippen LogP contribution in [-0.4, -0.2) is 36.9 Å². The summed E-state index contributed by atoms with van der Waals surface area (Å²) in [6, 6.07) is 5.74. The average Bonchev–Trinajstić information content (AvgIpc) is 2.51. The number of rotatable bonds is 8. The van der Waals surface area contributed by atoms with Crippen LogP contribution in [0.1, 0.15) is 13.8 Å². The van der Waals surface area contributed by atoms with Crippen LogP contribution < -0.4 is 26.8 Å². The highest BCUT2D eigenvalue weighted by Crippen LogP contribution is 2.15. The number of nitrogens with two attached hydrogens (primary N) is 2. The molecule has 0 fully saturated rings. The Morgan fingerprint density at radius 3 is 2.25 bits per heavy atom. The van der Waals surface area contributed by atoms with E-state index in [0.717, 1.165) is 0 Å². The molecule has 0 bridgehead atoms. The Hall–Kier alpha value is -2.32. The van der Waals surface area contributed by atoms with Crippen LogP contribution in [0, 0.1) is 5.92 Å². The van der Waals surface area contributed by atoms with Gasteiger partial charge < -0.3 is 26.8 Å². The lowest BCUT2D eigenvalue weighted by molar-refractivity contribution is -0.125. The van der Waals surface area contributed by atoms with Crippen LogP contribution in [0.15, 0.2) is 24.3 Å². The third kappa shape index (κ3) is 7.80. The van der Waals surface area contributed by atoms with Crippen LogP contribution in [0.5, 0.6) is 5.75 Å². The summed E-state index contributed by atoms with van der Waals surface area (Å²) in [6.45, 7) is 3.27. The van der Waals surface area contributed by atoms with Crippen molar-refractivity contribution in [2.24, 2.45) is 17.4 Å². The summed E-state index contributed by atoms with van der Waals surface area (Å²) in [4.78, 5) is 34.0. The zero-order valence-electron chi connectivity index (χ0n) is 13.6. The molecule has 0 aliphatic heterocycles. The Kier molecular flexibility index (Phi) is 9.44. The molecule has 0 aromatic heterocycles. The van der Waals surface area contributed by atoms with Crippen LogP contribution in [0.4, 0.5) is 5.69 Å². The minimum Gasteiger partial charge on any atom is -0.484 e. The van der Waals surface area contributed by atoms with E-state index in [2.05, 4.69) is 10.6 Å². The minimum atomic E-state index is -0.649. The Morgan fingerprint density at radius 1 is 1.17 bits per heavy atom. The lowest BCUT2D eigenvalue weighted by atomic mass is 10.1. The summed E-state index contributed by atoms with van der Waals surface area (Å²) in [7, 11) is 0. The van der Waals surface area contributed by atoms with Gasteiger partial charge in [0.05, 0.1) is 12.6 Å². The van der Waals surface area contributed by atoms with Crippen molar-refractivity contribution < 1.29 is 19.1 Å². The summed E-state index contributed by atoms with van der Waals surface area (Å²) in [5.74, 6) is -0.868. The summed E-state index contributed by atoms with van der Waals surface area (Å²) in [5.41, 5.74) is 11.2. The van der Waals surface area contributed by atoms with Crippen LogP contribution in [-0.2, 0) is 14.4 Å². The van der Waals surface area contributed by atoms with E-state index in [4.69, 9.17) is 16.2 Å². The Morgan fingerprint density at radius 2 is 1.75 bits per heavy atom. The number of hydrogen-bond donors (Lipinski definition) is 4. The molecule has 0 saturated carbocycles. The van der Waals surface area contributed by atoms with Gasteiger partial charge in [-0.2, -0.15) is 0 Å². The molecule has 3 amide bonds. The molecule has 1 aromatic rings. The maximum Gasteiger partial charge on any atom is 0.255 e. The summed E-state index contributed by atoms with van der Waals surface area (Å²) < 4.78 is 5.10. The van der Waals surface area contributed by atoms with E-state index in [0.29, 0.717) is 11.4 Å². The van der Waals surface area contributed by atoms with E-state index >= 15 is 0 Å². The molecular weight excluding hydrogens is 336 g/mol. The fourth-order valence-corrected chi connectivity index (χ4v) is 1.58. The highest BCUT2D eigenvalue weighted by Gasteiger charge is 2.17. The van der Waals surface area contributed by atoms with Crippen molar-refractivity contribution in [3.8, 4) is 5.75 Å². The third-order valence-corrected chi connectivity index (χ3v) is 2.96. The zero-order chi connectivity index (χ0) is 17.4. The molecule has 1 aromatic carbocycles. The first-order valence-corrected chi connectivity index (χ1v) is 7.14. The monoisotopic (exact) mass is 358 g/mol. The van der Waals surface area contributed by atoms with E-state index < -0.39 is 11.9 Å². The Bertz CT molecular complexity index is 563. The maximum atomic E-state index is 11.8. The molecule has 8 nitrogen and oxygen atoms in total. The van der Waals surface area contributed by atoms with Crippen LogP contribution in [0.25, 0.3) is 0 Å². The number of hydrogen-bond acceptors (Lipinski definition) is 5. The molecule has 0 radical (unpaired) electrons. The number of carbonyl (C=O) groups is 3. The first kappa shape index (κ1) is 21.7. The molecule has 1 atom stereocenters. The predicted octanol–water partition coefficient (Wildman–Crippen LogP) is 0.0105. The standard InChI is InChI=1S/C15H22N4O4.ClH/c1-9(2)14(17)15(22)18-7-13(21)19-10-3-5-11(6-4-10)23-8-12(16)20;/h3-6,9,14H,7-8,17H2,1-2H3,(H2,16,20)(H,18,22)(H,19,21);1H/t14-;/m0./s1. The third-order valence-electron chi connectivity index (χ3n) is 2.96. The highest BCUT2D eigenvalue weighted by atomic mass is 35.5. The Balaban J connectivity index is 0.00000529. The normalized spacial score (nSPS) is 11.2. The average molecular weight is 359 g/mol. The van der Waals surface area contributed by atoms with Gasteiger partial charge in [-0.25, -0.2) is 0 Å². The van der Waals surface area contributed by atoms with Crippen LogP contribution in [0.3, 0.4) is 0 Å². The molecule has 0 saturated heterocycles. The van der Waals surface area contributed by atoms with Gasteiger partial charge in [0, 0.05) is 5.69 Å². The molecule has 0 unspecified atom stereocenters. The van der Waals surface area contributed by atoms with Gasteiger partial charge in [0.25, 0.3) is 5.91 Å². The number of primary amides is 1. The van der Waals surface area contributed by atoms with Crippen molar-refractivity contribution in [1.82, 2.24) is 5.32 Å². The second-order valence-corrected chi connectivity index (χ2v) is 5.32. The van der Waals surface area contributed by atoms with E-state index in [1.54, 1.807) is 24.3 Å². The molecule has 0 aliphatic carbocycles. The van der Waals surface area contributed by atoms with Crippen molar-refractivity contribution in [2.75, 3.05) is 18.5 Å². The number of ether oxygens (including phenoxy) is 1. The smallest absolute Gasteiger partial charge is 0.255 e. The van der Waals surface area contributed by atoms with Gasteiger partial charge >= 0.3 is 0 Å². The number of anilines is 1. The van der Waals surface area contributed by atoms with Gasteiger partial charge in [-0.3, -0.25) is 14.4 Å². The second-order valence-electron chi connectivity index (χ2n) is 5.32. The molecule has 6 N–H and O–H groups in total. The SMILES string of the molecule is CC(C)[C@H](N)C(=O)NCC(=O)Nc1ccc(OCC(N)=O)cc1.Cl. The lowest BCUT2D eigenvalue weighted by Crippen LogP contribution is -2.46. The number of amides is 3. The maximum absolute atomic E-state index is 11.8. The predicted molar refractivity (Wildman–Crippen MR) is 92.8 cm³/mol. The quantitative estimate of drug-likeness (QED) is 0.519.